The number of hydrogen-bond donors (Lipinski definition) is 3. The number of aliphatic hydroxyl groups is 2. The summed E-state index contributed by atoms with van der Waals surface area (Å²) in [6, 6.07) is 0.966. The molecule has 0 radical (unpaired) electrons. The molecule has 3 N–H and O–H groups in total. The summed E-state index contributed by atoms with van der Waals surface area (Å²) in [5.74, 6) is 2.18. The van der Waals surface area contributed by atoms with Gasteiger partial charge >= 0.3 is 0 Å². The SMILES string of the molecule is OCC1(C2(O)CC3CCC(C2)N3)CCSCC1. The van der Waals surface area contributed by atoms with Crippen LogP contribution in [0.5, 0.6) is 0 Å². The third-order valence-electron chi connectivity index (χ3n) is 5.24. The van der Waals surface area contributed by atoms with Crippen LogP contribution in [0.3, 0.4) is 0 Å². The van der Waals surface area contributed by atoms with Crippen molar-refractivity contribution in [3.8, 4) is 0 Å². The van der Waals surface area contributed by atoms with E-state index in [0.29, 0.717) is 12.1 Å². The van der Waals surface area contributed by atoms with E-state index in [1.807, 2.05) is 11.8 Å². The van der Waals surface area contributed by atoms with E-state index in [-0.39, 0.29) is 12.0 Å². The minimum atomic E-state index is -0.625. The highest BCUT2D eigenvalue weighted by atomic mass is 32.2. The lowest BCUT2D eigenvalue weighted by Crippen LogP contribution is -2.60. The third kappa shape index (κ3) is 1.93. The van der Waals surface area contributed by atoms with Crippen LogP contribution in [0.1, 0.15) is 38.5 Å². The van der Waals surface area contributed by atoms with Gasteiger partial charge in [-0.15, -0.1) is 0 Å². The van der Waals surface area contributed by atoms with Gasteiger partial charge in [-0.2, -0.15) is 11.8 Å². The normalized spacial score (nSPS) is 44.8. The van der Waals surface area contributed by atoms with Crippen LogP contribution < -0.4 is 5.32 Å². The van der Waals surface area contributed by atoms with Gasteiger partial charge in [0, 0.05) is 17.5 Å². The minimum absolute atomic E-state index is 0.156. The van der Waals surface area contributed by atoms with E-state index in [2.05, 4.69) is 5.32 Å². The summed E-state index contributed by atoms with van der Waals surface area (Å²) in [5.41, 5.74) is -0.846. The van der Waals surface area contributed by atoms with Crippen LogP contribution in [0, 0.1) is 5.41 Å². The molecule has 0 amide bonds. The Morgan fingerprint density at radius 3 is 2.24 bits per heavy atom. The molecule has 0 aromatic heterocycles. The van der Waals surface area contributed by atoms with Crippen LogP contribution in [0.15, 0.2) is 0 Å². The molecule has 0 aromatic rings. The Kier molecular flexibility index (Phi) is 3.18. The predicted molar refractivity (Wildman–Crippen MR) is 70.2 cm³/mol. The second kappa shape index (κ2) is 4.41. The van der Waals surface area contributed by atoms with E-state index in [4.69, 9.17) is 0 Å². The van der Waals surface area contributed by atoms with Crippen molar-refractivity contribution in [3.05, 3.63) is 0 Å². The molecule has 3 aliphatic rings. The maximum atomic E-state index is 11.1. The standard InChI is InChI=1S/C13H23NO2S/c15-9-12(3-5-17-6-4-12)13(16)7-10-1-2-11(8-13)14-10/h10-11,14-16H,1-9H2. The molecule has 17 heavy (non-hydrogen) atoms. The van der Waals surface area contributed by atoms with E-state index in [9.17, 15) is 10.2 Å². The highest BCUT2D eigenvalue weighted by molar-refractivity contribution is 7.99. The van der Waals surface area contributed by atoms with Crippen molar-refractivity contribution in [2.45, 2.75) is 56.2 Å². The van der Waals surface area contributed by atoms with Gasteiger partial charge in [-0.25, -0.2) is 0 Å². The fourth-order valence-corrected chi connectivity index (χ4v) is 5.36. The molecule has 0 saturated carbocycles. The molecule has 3 rings (SSSR count). The maximum Gasteiger partial charge on any atom is 0.0755 e. The van der Waals surface area contributed by atoms with Crippen molar-refractivity contribution in [2.75, 3.05) is 18.1 Å². The molecule has 3 heterocycles. The number of fused-ring (bicyclic) bond motifs is 2. The van der Waals surface area contributed by atoms with Gasteiger partial charge in [0.15, 0.2) is 0 Å². The molecular weight excluding hydrogens is 234 g/mol. The highest BCUT2D eigenvalue weighted by Crippen LogP contribution is 2.51. The first kappa shape index (κ1) is 12.3. The summed E-state index contributed by atoms with van der Waals surface area (Å²) in [4.78, 5) is 0. The van der Waals surface area contributed by atoms with Gasteiger partial charge in [-0.3, -0.25) is 0 Å². The van der Waals surface area contributed by atoms with E-state index in [0.717, 1.165) is 37.2 Å². The molecule has 2 atom stereocenters. The molecule has 3 fully saturated rings. The second-order valence-corrected chi connectivity index (χ2v) is 7.35. The Labute approximate surface area is 107 Å². The first-order chi connectivity index (χ1) is 8.17. The number of nitrogens with one attached hydrogen (secondary N) is 1. The Hall–Kier alpha value is 0.230. The zero-order valence-electron chi connectivity index (χ0n) is 10.3. The van der Waals surface area contributed by atoms with E-state index in [1.165, 1.54) is 12.8 Å². The molecule has 3 saturated heterocycles. The second-order valence-electron chi connectivity index (χ2n) is 6.13. The van der Waals surface area contributed by atoms with Crippen LogP contribution in [-0.2, 0) is 0 Å². The number of hydrogen-bond acceptors (Lipinski definition) is 4. The largest absolute Gasteiger partial charge is 0.396 e. The van der Waals surface area contributed by atoms with Gasteiger partial charge in [0.1, 0.15) is 0 Å². The van der Waals surface area contributed by atoms with Crippen molar-refractivity contribution in [3.63, 3.8) is 0 Å². The van der Waals surface area contributed by atoms with Crippen LogP contribution in [0.2, 0.25) is 0 Å². The lowest BCUT2D eigenvalue weighted by Gasteiger charge is -2.52. The molecule has 98 valence electrons. The summed E-state index contributed by atoms with van der Waals surface area (Å²) in [6.07, 6.45) is 6.03. The minimum Gasteiger partial charge on any atom is -0.396 e. The monoisotopic (exact) mass is 257 g/mol. The first-order valence-corrected chi connectivity index (χ1v) is 8.00. The van der Waals surface area contributed by atoms with Crippen LogP contribution in [-0.4, -0.2) is 46.0 Å². The van der Waals surface area contributed by atoms with Crippen LogP contribution in [0.25, 0.3) is 0 Å². The summed E-state index contributed by atoms with van der Waals surface area (Å²) >= 11 is 1.95. The molecule has 0 aromatic carbocycles. The van der Waals surface area contributed by atoms with Crippen molar-refractivity contribution >= 4 is 11.8 Å². The Balaban J connectivity index is 1.84. The summed E-state index contributed by atoms with van der Waals surface area (Å²) < 4.78 is 0. The molecule has 2 bridgehead atoms. The lowest BCUT2D eigenvalue weighted by molar-refractivity contribution is -0.139. The van der Waals surface area contributed by atoms with E-state index >= 15 is 0 Å². The van der Waals surface area contributed by atoms with Crippen LogP contribution >= 0.6 is 11.8 Å². The van der Waals surface area contributed by atoms with Crippen molar-refractivity contribution in [2.24, 2.45) is 5.41 Å². The van der Waals surface area contributed by atoms with Gasteiger partial charge < -0.3 is 15.5 Å². The topological polar surface area (TPSA) is 52.5 Å². The molecule has 3 nitrogen and oxygen atoms in total. The molecular formula is C13H23NO2S. The molecule has 0 spiro atoms. The van der Waals surface area contributed by atoms with Crippen molar-refractivity contribution in [1.82, 2.24) is 5.32 Å². The van der Waals surface area contributed by atoms with Gasteiger partial charge in [0.2, 0.25) is 0 Å². The van der Waals surface area contributed by atoms with E-state index < -0.39 is 5.60 Å². The average molecular weight is 257 g/mol. The van der Waals surface area contributed by atoms with Crippen LogP contribution in [0.4, 0.5) is 0 Å². The lowest BCUT2D eigenvalue weighted by atomic mass is 9.63. The number of rotatable bonds is 2. The quantitative estimate of drug-likeness (QED) is 0.694. The molecule has 0 aliphatic carbocycles. The Bertz CT molecular complexity index is 279. The fraction of sp³-hybridized carbons (Fsp3) is 1.00. The summed E-state index contributed by atoms with van der Waals surface area (Å²) in [5, 5.41) is 24.6. The highest BCUT2D eigenvalue weighted by Gasteiger charge is 2.55. The van der Waals surface area contributed by atoms with Crippen molar-refractivity contribution in [1.29, 1.82) is 0 Å². The summed E-state index contributed by atoms with van der Waals surface area (Å²) in [7, 11) is 0. The number of piperidine rings is 1. The zero-order valence-corrected chi connectivity index (χ0v) is 11.1. The fourth-order valence-electron chi connectivity index (χ4n) is 4.09. The number of aliphatic hydroxyl groups excluding tert-OH is 1. The molecule has 4 heteroatoms. The zero-order chi connectivity index (χ0) is 11.9. The van der Waals surface area contributed by atoms with Gasteiger partial charge in [-0.05, 0) is 50.0 Å². The summed E-state index contributed by atoms with van der Waals surface area (Å²) in [6.45, 7) is 0.156. The molecule has 3 aliphatic heterocycles. The van der Waals surface area contributed by atoms with Gasteiger partial charge in [0.05, 0.1) is 12.2 Å². The van der Waals surface area contributed by atoms with Gasteiger partial charge in [-0.1, -0.05) is 0 Å². The maximum absolute atomic E-state index is 11.1. The smallest absolute Gasteiger partial charge is 0.0755 e. The Morgan fingerprint density at radius 2 is 1.71 bits per heavy atom. The van der Waals surface area contributed by atoms with E-state index in [1.54, 1.807) is 0 Å². The molecule has 2 unspecified atom stereocenters. The predicted octanol–water partition coefficient (Wildman–Crippen LogP) is 1.14. The average Bonchev–Trinajstić information content (AvgIpc) is 2.70. The van der Waals surface area contributed by atoms with Gasteiger partial charge in [0.25, 0.3) is 0 Å². The first-order valence-electron chi connectivity index (χ1n) is 6.85. The third-order valence-corrected chi connectivity index (χ3v) is 6.23. The Morgan fingerprint density at radius 1 is 1.12 bits per heavy atom. The van der Waals surface area contributed by atoms with Crippen molar-refractivity contribution < 1.29 is 10.2 Å². The number of thioether (sulfide) groups is 1.